The number of hydrogen-bond acceptors (Lipinski definition) is 2. The van der Waals surface area contributed by atoms with Crippen molar-refractivity contribution in [3.8, 4) is 0 Å². The van der Waals surface area contributed by atoms with Crippen LogP contribution in [0, 0.1) is 0 Å². The van der Waals surface area contributed by atoms with Gasteiger partial charge in [0.15, 0.2) is 4.67 Å². The molecule has 0 fully saturated rings. The van der Waals surface area contributed by atoms with Gasteiger partial charge in [0.2, 0.25) is 0 Å². The molecule has 12 heavy (non-hydrogen) atoms. The zero-order valence-electron chi connectivity index (χ0n) is 7.67. The molecule has 0 bridgehead atoms. The van der Waals surface area contributed by atoms with Crippen molar-refractivity contribution in [3.63, 3.8) is 0 Å². The van der Waals surface area contributed by atoms with Crippen LogP contribution in [0.4, 0.5) is 0 Å². The largest absolute Gasteiger partial charge is 0.453 e. The zero-order chi connectivity index (χ0) is 9.14. The van der Waals surface area contributed by atoms with Gasteiger partial charge in [0.05, 0.1) is 6.54 Å². The molecule has 0 atom stereocenters. The Bertz CT molecular complexity index is 244. The molecule has 1 aromatic rings. The third kappa shape index (κ3) is 2.64. The molecule has 2 nitrogen and oxygen atoms in total. The molecule has 0 aliphatic rings. The molecule has 0 aliphatic carbocycles. The van der Waals surface area contributed by atoms with Crippen molar-refractivity contribution in [2.75, 3.05) is 7.05 Å². The predicted molar refractivity (Wildman–Crippen MR) is 53.0 cm³/mol. The van der Waals surface area contributed by atoms with E-state index in [0.717, 1.165) is 17.0 Å². The van der Waals surface area contributed by atoms with Gasteiger partial charge in [0, 0.05) is 6.04 Å². The SMILES string of the molecule is CC(C)N(C)Cc1ccc(Br)o1. The number of rotatable bonds is 3. The molecule has 0 radical (unpaired) electrons. The number of halogens is 1. The van der Waals surface area contributed by atoms with Gasteiger partial charge in [-0.05, 0) is 49.0 Å². The molecule has 0 amide bonds. The van der Waals surface area contributed by atoms with Gasteiger partial charge in [-0.15, -0.1) is 0 Å². The Hall–Kier alpha value is -0.280. The first-order chi connectivity index (χ1) is 5.59. The monoisotopic (exact) mass is 231 g/mol. The fourth-order valence-electron chi connectivity index (χ4n) is 0.865. The Balaban J connectivity index is 2.52. The molecule has 1 rings (SSSR count). The van der Waals surface area contributed by atoms with E-state index >= 15 is 0 Å². The highest BCUT2D eigenvalue weighted by atomic mass is 79.9. The summed E-state index contributed by atoms with van der Waals surface area (Å²) in [4.78, 5) is 2.23. The van der Waals surface area contributed by atoms with Crippen LogP contribution in [0.3, 0.4) is 0 Å². The lowest BCUT2D eigenvalue weighted by atomic mass is 10.3. The molecule has 0 saturated carbocycles. The molecular formula is C9H14BrNO. The molecular weight excluding hydrogens is 218 g/mol. The average molecular weight is 232 g/mol. The van der Waals surface area contributed by atoms with Gasteiger partial charge in [-0.25, -0.2) is 0 Å². The Kier molecular flexibility index (Phi) is 3.35. The summed E-state index contributed by atoms with van der Waals surface area (Å²) in [6.45, 7) is 5.19. The second-order valence-electron chi connectivity index (χ2n) is 3.21. The third-order valence-electron chi connectivity index (χ3n) is 1.92. The Morgan fingerprint density at radius 2 is 2.17 bits per heavy atom. The molecule has 1 aromatic heterocycles. The first kappa shape index (κ1) is 9.81. The van der Waals surface area contributed by atoms with Crippen molar-refractivity contribution < 1.29 is 4.42 Å². The molecule has 0 N–H and O–H groups in total. The quantitative estimate of drug-likeness (QED) is 0.796. The van der Waals surface area contributed by atoms with Gasteiger partial charge in [-0.2, -0.15) is 0 Å². The number of hydrogen-bond donors (Lipinski definition) is 0. The Morgan fingerprint density at radius 3 is 2.58 bits per heavy atom. The van der Waals surface area contributed by atoms with Crippen LogP contribution >= 0.6 is 15.9 Å². The Morgan fingerprint density at radius 1 is 1.50 bits per heavy atom. The maximum absolute atomic E-state index is 5.38. The molecule has 1 heterocycles. The van der Waals surface area contributed by atoms with Crippen LogP contribution in [0.2, 0.25) is 0 Å². The minimum atomic E-state index is 0.550. The number of furan rings is 1. The smallest absolute Gasteiger partial charge is 0.169 e. The summed E-state index contributed by atoms with van der Waals surface area (Å²) >= 11 is 3.27. The van der Waals surface area contributed by atoms with Gasteiger partial charge in [-0.3, -0.25) is 4.90 Å². The van der Waals surface area contributed by atoms with Crippen molar-refractivity contribution in [1.29, 1.82) is 0 Å². The summed E-state index contributed by atoms with van der Waals surface area (Å²) in [6, 6.07) is 4.46. The Labute approximate surface area is 81.7 Å². The first-order valence-corrected chi connectivity index (χ1v) is 4.83. The maximum Gasteiger partial charge on any atom is 0.169 e. The van der Waals surface area contributed by atoms with E-state index in [0.29, 0.717) is 6.04 Å². The summed E-state index contributed by atoms with van der Waals surface area (Å²) in [7, 11) is 2.08. The molecule has 0 aliphatic heterocycles. The highest BCUT2D eigenvalue weighted by Crippen LogP contribution is 2.15. The van der Waals surface area contributed by atoms with E-state index < -0.39 is 0 Å². The van der Waals surface area contributed by atoms with Crippen LogP contribution in [0.1, 0.15) is 19.6 Å². The standard InChI is InChI=1S/C9H14BrNO/c1-7(2)11(3)6-8-4-5-9(10)12-8/h4-5,7H,6H2,1-3H3. The van der Waals surface area contributed by atoms with Crippen LogP contribution < -0.4 is 0 Å². The summed E-state index contributed by atoms with van der Waals surface area (Å²) in [5.41, 5.74) is 0. The molecule has 0 aromatic carbocycles. The van der Waals surface area contributed by atoms with Gasteiger partial charge < -0.3 is 4.42 Å². The maximum atomic E-state index is 5.38. The van der Waals surface area contributed by atoms with E-state index in [1.807, 2.05) is 12.1 Å². The summed E-state index contributed by atoms with van der Waals surface area (Å²) in [5.74, 6) is 0.998. The van der Waals surface area contributed by atoms with Crippen molar-refractivity contribution in [1.82, 2.24) is 4.90 Å². The first-order valence-electron chi connectivity index (χ1n) is 4.04. The molecule has 0 unspecified atom stereocenters. The predicted octanol–water partition coefficient (Wildman–Crippen LogP) is 2.88. The normalized spacial score (nSPS) is 11.5. The molecule has 0 spiro atoms. The van der Waals surface area contributed by atoms with Gasteiger partial charge in [0.25, 0.3) is 0 Å². The molecule has 0 saturated heterocycles. The van der Waals surface area contributed by atoms with Crippen LogP contribution in [-0.2, 0) is 6.54 Å². The van der Waals surface area contributed by atoms with E-state index in [4.69, 9.17) is 4.42 Å². The summed E-state index contributed by atoms with van der Waals surface area (Å²) in [5, 5.41) is 0. The molecule has 3 heteroatoms. The number of nitrogens with zero attached hydrogens (tertiary/aromatic N) is 1. The summed E-state index contributed by atoms with van der Waals surface area (Å²) < 4.78 is 6.18. The van der Waals surface area contributed by atoms with Crippen LogP contribution in [0.25, 0.3) is 0 Å². The van der Waals surface area contributed by atoms with Crippen molar-refractivity contribution in [2.45, 2.75) is 26.4 Å². The van der Waals surface area contributed by atoms with Crippen molar-refractivity contribution in [3.05, 3.63) is 22.6 Å². The summed E-state index contributed by atoms with van der Waals surface area (Å²) in [6.07, 6.45) is 0. The second kappa shape index (κ2) is 4.10. The highest BCUT2D eigenvalue weighted by Gasteiger charge is 2.06. The average Bonchev–Trinajstić information content (AvgIpc) is 2.35. The van der Waals surface area contributed by atoms with Crippen LogP contribution in [0.15, 0.2) is 21.2 Å². The minimum absolute atomic E-state index is 0.550. The lowest BCUT2D eigenvalue weighted by Crippen LogP contribution is -2.25. The lowest BCUT2D eigenvalue weighted by molar-refractivity contribution is 0.242. The molecule has 68 valence electrons. The third-order valence-corrected chi connectivity index (χ3v) is 2.34. The fraction of sp³-hybridized carbons (Fsp3) is 0.556. The second-order valence-corrected chi connectivity index (χ2v) is 4.00. The van der Waals surface area contributed by atoms with E-state index in [1.54, 1.807) is 0 Å². The van der Waals surface area contributed by atoms with Crippen LogP contribution in [-0.4, -0.2) is 18.0 Å². The van der Waals surface area contributed by atoms with Gasteiger partial charge >= 0.3 is 0 Å². The van der Waals surface area contributed by atoms with Gasteiger partial charge in [-0.1, -0.05) is 0 Å². The van der Waals surface area contributed by atoms with E-state index in [2.05, 4.69) is 41.7 Å². The van der Waals surface area contributed by atoms with E-state index in [9.17, 15) is 0 Å². The zero-order valence-corrected chi connectivity index (χ0v) is 9.26. The van der Waals surface area contributed by atoms with E-state index in [1.165, 1.54) is 0 Å². The highest BCUT2D eigenvalue weighted by molar-refractivity contribution is 9.10. The topological polar surface area (TPSA) is 16.4 Å². The lowest BCUT2D eigenvalue weighted by Gasteiger charge is -2.19. The van der Waals surface area contributed by atoms with Crippen molar-refractivity contribution in [2.24, 2.45) is 0 Å². The van der Waals surface area contributed by atoms with E-state index in [-0.39, 0.29) is 0 Å². The minimum Gasteiger partial charge on any atom is -0.453 e. The van der Waals surface area contributed by atoms with Gasteiger partial charge in [0.1, 0.15) is 5.76 Å². The van der Waals surface area contributed by atoms with Crippen molar-refractivity contribution >= 4 is 15.9 Å². The fourth-order valence-corrected chi connectivity index (χ4v) is 1.21. The van der Waals surface area contributed by atoms with Crippen LogP contribution in [0.5, 0.6) is 0 Å².